The largest absolute Gasteiger partial charge is 0.381 e. The van der Waals surface area contributed by atoms with Crippen molar-refractivity contribution in [3.05, 3.63) is 84.5 Å². The number of hydrogen-bond acceptors (Lipinski definition) is 1. The van der Waals surface area contributed by atoms with Gasteiger partial charge < -0.3 is 5.32 Å². The Hall–Kier alpha value is -2.28. The smallest absolute Gasteiger partial charge is 0.0421 e. The van der Waals surface area contributed by atoms with Gasteiger partial charge in [-0.1, -0.05) is 56.4 Å². The van der Waals surface area contributed by atoms with Gasteiger partial charge in [0, 0.05) is 17.8 Å². The second kappa shape index (κ2) is 11.3. The second-order valence-electron chi connectivity index (χ2n) is 4.86. The SMILES string of the molecule is C=C.C=C/C(=C\C)c1ccc(C)c(C2=CC(C)=CCN2)c1.CC. The lowest BCUT2D eigenvalue weighted by molar-refractivity contribution is 0.978. The van der Waals surface area contributed by atoms with Crippen LogP contribution < -0.4 is 5.32 Å². The van der Waals surface area contributed by atoms with Crippen LogP contribution in [0, 0.1) is 6.92 Å². The Labute approximate surface area is 142 Å². The number of hydrogen-bond donors (Lipinski definition) is 1. The summed E-state index contributed by atoms with van der Waals surface area (Å²) in [6, 6.07) is 6.57. The third-order valence-electron chi connectivity index (χ3n) is 3.48. The summed E-state index contributed by atoms with van der Waals surface area (Å²) < 4.78 is 0. The van der Waals surface area contributed by atoms with Gasteiger partial charge in [0.15, 0.2) is 0 Å². The summed E-state index contributed by atoms with van der Waals surface area (Å²) in [5.41, 5.74) is 7.47. The minimum Gasteiger partial charge on any atom is -0.381 e. The fourth-order valence-corrected chi connectivity index (χ4v) is 2.33. The quantitative estimate of drug-likeness (QED) is 0.510. The maximum absolute atomic E-state index is 3.88. The fraction of sp³-hybridized carbons (Fsp3) is 0.273. The molecular formula is C22H31N. The van der Waals surface area contributed by atoms with Gasteiger partial charge in [0.25, 0.3) is 0 Å². The summed E-state index contributed by atoms with van der Waals surface area (Å²) in [6.45, 7) is 21.1. The van der Waals surface area contributed by atoms with Gasteiger partial charge in [0.1, 0.15) is 0 Å². The van der Waals surface area contributed by atoms with Crippen LogP contribution in [0.4, 0.5) is 0 Å². The van der Waals surface area contributed by atoms with Crippen molar-refractivity contribution >= 4 is 11.3 Å². The molecule has 1 aromatic carbocycles. The highest BCUT2D eigenvalue weighted by Gasteiger charge is 2.09. The zero-order valence-corrected chi connectivity index (χ0v) is 15.4. The van der Waals surface area contributed by atoms with Gasteiger partial charge in [0.05, 0.1) is 0 Å². The average Bonchev–Trinajstić information content (AvgIpc) is 2.61. The van der Waals surface area contributed by atoms with Gasteiger partial charge in [-0.3, -0.25) is 0 Å². The monoisotopic (exact) mass is 309 g/mol. The molecule has 1 aromatic rings. The summed E-state index contributed by atoms with van der Waals surface area (Å²) in [7, 11) is 0. The van der Waals surface area contributed by atoms with Crippen LogP contribution >= 0.6 is 0 Å². The first kappa shape index (κ1) is 20.7. The van der Waals surface area contributed by atoms with Crippen LogP contribution in [0.25, 0.3) is 11.3 Å². The highest BCUT2D eigenvalue weighted by molar-refractivity contribution is 5.78. The van der Waals surface area contributed by atoms with E-state index < -0.39 is 0 Å². The highest BCUT2D eigenvalue weighted by Crippen LogP contribution is 2.25. The van der Waals surface area contributed by atoms with Crippen molar-refractivity contribution in [3.8, 4) is 0 Å². The zero-order valence-electron chi connectivity index (χ0n) is 15.4. The third-order valence-corrected chi connectivity index (χ3v) is 3.48. The minimum absolute atomic E-state index is 0.902. The maximum Gasteiger partial charge on any atom is 0.0421 e. The Morgan fingerprint density at radius 1 is 1.17 bits per heavy atom. The lowest BCUT2D eigenvalue weighted by Crippen LogP contribution is -2.16. The molecule has 0 saturated carbocycles. The number of allylic oxidation sites excluding steroid dienone is 5. The summed E-state index contributed by atoms with van der Waals surface area (Å²) in [5.74, 6) is 0. The first-order valence-corrected chi connectivity index (χ1v) is 8.18. The van der Waals surface area contributed by atoms with E-state index in [0.717, 1.165) is 6.54 Å². The molecule has 2 rings (SSSR count). The summed E-state index contributed by atoms with van der Waals surface area (Å²) in [4.78, 5) is 0. The van der Waals surface area contributed by atoms with E-state index in [1.807, 2.05) is 26.8 Å². The van der Waals surface area contributed by atoms with Crippen molar-refractivity contribution < 1.29 is 0 Å². The molecule has 1 aliphatic rings. The number of nitrogens with one attached hydrogen (secondary N) is 1. The van der Waals surface area contributed by atoms with Crippen molar-refractivity contribution in [2.45, 2.75) is 34.6 Å². The predicted octanol–water partition coefficient (Wildman–Crippen LogP) is 6.30. The molecule has 1 heterocycles. The van der Waals surface area contributed by atoms with E-state index in [1.165, 1.54) is 33.5 Å². The molecule has 1 nitrogen and oxygen atoms in total. The lowest BCUT2D eigenvalue weighted by Gasteiger charge is -2.18. The van der Waals surface area contributed by atoms with Gasteiger partial charge in [0.2, 0.25) is 0 Å². The molecule has 0 radical (unpaired) electrons. The van der Waals surface area contributed by atoms with Crippen molar-refractivity contribution in [1.29, 1.82) is 0 Å². The molecule has 124 valence electrons. The predicted molar refractivity (Wildman–Crippen MR) is 107 cm³/mol. The summed E-state index contributed by atoms with van der Waals surface area (Å²) in [5, 5.41) is 3.45. The van der Waals surface area contributed by atoms with E-state index >= 15 is 0 Å². The van der Waals surface area contributed by atoms with E-state index in [2.05, 4.69) is 75.3 Å². The average molecular weight is 309 g/mol. The van der Waals surface area contributed by atoms with Crippen LogP contribution in [0.1, 0.15) is 44.4 Å². The Bertz CT molecular complexity index is 600. The van der Waals surface area contributed by atoms with Crippen LogP contribution in [0.5, 0.6) is 0 Å². The lowest BCUT2D eigenvalue weighted by atomic mass is 9.96. The highest BCUT2D eigenvalue weighted by atomic mass is 14.9. The third kappa shape index (κ3) is 5.78. The van der Waals surface area contributed by atoms with Crippen LogP contribution in [0.2, 0.25) is 0 Å². The Morgan fingerprint density at radius 2 is 1.83 bits per heavy atom. The van der Waals surface area contributed by atoms with Crippen LogP contribution in [0.3, 0.4) is 0 Å². The van der Waals surface area contributed by atoms with Gasteiger partial charge >= 0.3 is 0 Å². The topological polar surface area (TPSA) is 12.0 Å². The molecule has 0 fully saturated rings. The van der Waals surface area contributed by atoms with Crippen molar-refractivity contribution in [2.75, 3.05) is 6.54 Å². The first-order valence-electron chi connectivity index (χ1n) is 8.18. The van der Waals surface area contributed by atoms with E-state index in [0.29, 0.717) is 0 Å². The molecule has 1 aliphatic heterocycles. The first-order chi connectivity index (χ1) is 11.2. The van der Waals surface area contributed by atoms with Gasteiger partial charge in [-0.15, -0.1) is 13.2 Å². The van der Waals surface area contributed by atoms with Crippen molar-refractivity contribution in [3.63, 3.8) is 0 Å². The molecule has 1 heteroatoms. The standard InChI is InChI=1S/C18H21N.C2H6.C2H4/c1-5-15(6-2)16-8-7-14(4)17(12-16)18-11-13(3)9-10-19-18;2*1-2/h5-9,11-12,19H,1,10H2,2-4H3;1-2H3;1-2H2/b15-6+;;. The van der Waals surface area contributed by atoms with Crippen LogP contribution in [-0.4, -0.2) is 6.54 Å². The van der Waals surface area contributed by atoms with E-state index in [-0.39, 0.29) is 0 Å². The molecular weight excluding hydrogens is 278 g/mol. The maximum atomic E-state index is 3.88. The molecule has 0 amide bonds. The summed E-state index contributed by atoms with van der Waals surface area (Å²) in [6.07, 6.45) is 8.40. The molecule has 0 aromatic heterocycles. The van der Waals surface area contributed by atoms with E-state index in [1.54, 1.807) is 0 Å². The molecule has 0 bridgehead atoms. The molecule has 0 atom stereocenters. The van der Waals surface area contributed by atoms with E-state index in [4.69, 9.17) is 0 Å². The molecule has 0 aliphatic carbocycles. The van der Waals surface area contributed by atoms with Gasteiger partial charge in [-0.05, 0) is 49.6 Å². The molecule has 0 unspecified atom stereocenters. The number of dihydropyridines is 1. The second-order valence-corrected chi connectivity index (χ2v) is 4.86. The van der Waals surface area contributed by atoms with Crippen LogP contribution in [-0.2, 0) is 0 Å². The van der Waals surface area contributed by atoms with Gasteiger partial charge in [-0.25, -0.2) is 0 Å². The van der Waals surface area contributed by atoms with Crippen LogP contribution in [0.15, 0.2) is 67.8 Å². The number of rotatable bonds is 3. The fourth-order valence-electron chi connectivity index (χ4n) is 2.33. The Balaban J connectivity index is 0.00000112. The summed E-state index contributed by atoms with van der Waals surface area (Å²) >= 11 is 0. The van der Waals surface area contributed by atoms with Crippen molar-refractivity contribution in [1.82, 2.24) is 5.32 Å². The van der Waals surface area contributed by atoms with Gasteiger partial charge in [-0.2, -0.15) is 0 Å². The zero-order chi connectivity index (χ0) is 17.8. The Morgan fingerprint density at radius 3 is 2.35 bits per heavy atom. The number of aryl methyl sites for hydroxylation is 1. The normalized spacial score (nSPS) is 13.2. The minimum atomic E-state index is 0.902. The molecule has 1 N–H and O–H groups in total. The molecule has 23 heavy (non-hydrogen) atoms. The number of benzene rings is 1. The molecule has 0 spiro atoms. The van der Waals surface area contributed by atoms with E-state index in [9.17, 15) is 0 Å². The molecule has 0 saturated heterocycles. The Kier molecular flexibility index (Phi) is 10.2. The van der Waals surface area contributed by atoms with Crippen molar-refractivity contribution in [2.24, 2.45) is 0 Å².